The number of piperazine rings is 1. The van der Waals surface area contributed by atoms with Gasteiger partial charge in [0.25, 0.3) is 0 Å². The molecule has 1 saturated heterocycles. The second-order valence-electron chi connectivity index (χ2n) is 8.54. The second kappa shape index (κ2) is 9.99. The quantitative estimate of drug-likeness (QED) is 0.547. The summed E-state index contributed by atoms with van der Waals surface area (Å²) in [6.07, 6.45) is -0.713. The van der Waals surface area contributed by atoms with E-state index in [9.17, 15) is 13.5 Å². The van der Waals surface area contributed by atoms with E-state index in [0.717, 1.165) is 21.9 Å². The lowest BCUT2D eigenvalue weighted by Gasteiger charge is -2.35. The lowest BCUT2D eigenvalue weighted by Crippen LogP contribution is -2.50. The number of benzene rings is 3. The van der Waals surface area contributed by atoms with E-state index in [1.807, 2.05) is 62.4 Å². The molecule has 0 aromatic heterocycles. The van der Waals surface area contributed by atoms with E-state index >= 15 is 0 Å². The molecule has 0 amide bonds. The molecule has 0 aliphatic carbocycles. The highest BCUT2D eigenvalue weighted by molar-refractivity contribution is 7.89. The average molecular weight is 489 g/mol. The Morgan fingerprint density at radius 3 is 2.48 bits per heavy atom. The van der Waals surface area contributed by atoms with Crippen molar-refractivity contribution in [1.82, 2.24) is 9.21 Å². The monoisotopic (exact) mass is 488 g/mol. The third-order valence-electron chi connectivity index (χ3n) is 6.01. The van der Waals surface area contributed by atoms with E-state index in [1.54, 1.807) is 6.07 Å². The van der Waals surface area contributed by atoms with Crippen molar-refractivity contribution in [2.75, 3.05) is 39.3 Å². The van der Waals surface area contributed by atoms with Crippen molar-refractivity contribution in [3.63, 3.8) is 0 Å². The van der Waals surface area contributed by atoms with Crippen LogP contribution < -0.4 is 4.74 Å². The molecule has 3 aromatic rings. The van der Waals surface area contributed by atoms with Crippen LogP contribution in [0.25, 0.3) is 10.8 Å². The highest BCUT2D eigenvalue weighted by atomic mass is 35.5. The van der Waals surface area contributed by atoms with Crippen LogP contribution in [0.15, 0.2) is 59.5 Å². The van der Waals surface area contributed by atoms with E-state index in [-0.39, 0.29) is 6.61 Å². The fourth-order valence-corrected chi connectivity index (χ4v) is 6.16. The highest BCUT2D eigenvalue weighted by Crippen LogP contribution is 2.32. The maximum Gasteiger partial charge on any atom is 0.243 e. The van der Waals surface area contributed by atoms with Crippen LogP contribution in [-0.2, 0) is 10.0 Å². The van der Waals surface area contributed by atoms with Crippen molar-refractivity contribution >= 4 is 32.4 Å². The number of aliphatic hydroxyl groups excluding tert-OH is 1. The molecule has 1 fully saturated rings. The van der Waals surface area contributed by atoms with Crippen LogP contribution in [0.5, 0.6) is 5.75 Å². The smallest absolute Gasteiger partial charge is 0.243 e. The van der Waals surface area contributed by atoms with Gasteiger partial charge in [-0.2, -0.15) is 4.31 Å². The van der Waals surface area contributed by atoms with Crippen LogP contribution in [0.2, 0.25) is 5.02 Å². The van der Waals surface area contributed by atoms with Gasteiger partial charge < -0.3 is 9.84 Å². The molecule has 4 rings (SSSR count). The van der Waals surface area contributed by atoms with Crippen LogP contribution in [0.1, 0.15) is 11.1 Å². The number of aryl methyl sites for hydroxylation is 2. The zero-order valence-electron chi connectivity index (χ0n) is 18.9. The predicted molar refractivity (Wildman–Crippen MR) is 132 cm³/mol. The summed E-state index contributed by atoms with van der Waals surface area (Å²) in [6.45, 7) is 6.18. The molecule has 3 aromatic carbocycles. The minimum absolute atomic E-state index is 0.110. The van der Waals surface area contributed by atoms with Gasteiger partial charge in [-0.25, -0.2) is 8.42 Å². The lowest BCUT2D eigenvalue weighted by atomic mass is 10.1. The minimum Gasteiger partial charge on any atom is -0.489 e. The summed E-state index contributed by atoms with van der Waals surface area (Å²) < 4.78 is 33.4. The van der Waals surface area contributed by atoms with Crippen molar-refractivity contribution in [3.05, 3.63) is 70.7 Å². The van der Waals surface area contributed by atoms with E-state index < -0.39 is 16.1 Å². The lowest BCUT2D eigenvalue weighted by molar-refractivity contribution is 0.0569. The molecule has 0 bridgehead atoms. The van der Waals surface area contributed by atoms with Crippen LogP contribution in [0.3, 0.4) is 0 Å². The Hall–Kier alpha value is -2.16. The molecule has 8 heteroatoms. The number of rotatable bonds is 7. The number of nitrogens with zero attached hydrogens (tertiary/aromatic N) is 2. The van der Waals surface area contributed by atoms with Gasteiger partial charge >= 0.3 is 0 Å². The Morgan fingerprint density at radius 1 is 1.03 bits per heavy atom. The first-order valence-corrected chi connectivity index (χ1v) is 12.9. The van der Waals surface area contributed by atoms with Crippen LogP contribution >= 0.6 is 11.6 Å². The zero-order chi connectivity index (χ0) is 23.6. The molecular weight excluding hydrogens is 460 g/mol. The van der Waals surface area contributed by atoms with Crippen molar-refractivity contribution in [2.45, 2.75) is 24.8 Å². The molecule has 0 unspecified atom stereocenters. The number of ether oxygens (including phenoxy) is 1. The van der Waals surface area contributed by atoms with Gasteiger partial charge in [0.1, 0.15) is 18.5 Å². The standard InChI is InChI=1S/C25H29ClN2O4S/c1-18-7-10-24(19(2)15-18)33(30,31)28-13-11-27(12-14-28)16-21(29)17-32-23-9-8-20-5-3-4-6-22(20)25(23)26/h3-10,15,21,29H,11-14,16-17H2,1-2H3/t21-/m1/s1. The molecule has 33 heavy (non-hydrogen) atoms. The van der Waals surface area contributed by atoms with Gasteiger partial charge in [0.15, 0.2) is 0 Å². The van der Waals surface area contributed by atoms with E-state index in [2.05, 4.69) is 4.90 Å². The summed E-state index contributed by atoms with van der Waals surface area (Å²) in [5, 5.41) is 13.0. The van der Waals surface area contributed by atoms with Crippen molar-refractivity contribution in [1.29, 1.82) is 0 Å². The van der Waals surface area contributed by atoms with Crippen LogP contribution in [-0.4, -0.2) is 68.2 Å². The van der Waals surface area contributed by atoms with Crippen molar-refractivity contribution in [2.24, 2.45) is 0 Å². The molecule has 6 nitrogen and oxygen atoms in total. The number of fused-ring (bicyclic) bond motifs is 1. The summed E-state index contributed by atoms with van der Waals surface area (Å²) in [5.74, 6) is 0.541. The second-order valence-corrected chi connectivity index (χ2v) is 10.8. The summed E-state index contributed by atoms with van der Waals surface area (Å²) in [6, 6.07) is 17.0. The summed E-state index contributed by atoms with van der Waals surface area (Å²) in [4.78, 5) is 2.42. The Labute approximate surface area is 200 Å². The molecule has 176 valence electrons. The molecule has 0 saturated carbocycles. The van der Waals surface area contributed by atoms with Crippen molar-refractivity contribution < 1.29 is 18.3 Å². The topological polar surface area (TPSA) is 70.1 Å². The van der Waals surface area contributed by atoms with Gasteiger partial charge in [0.2, 0.25) is 10.0 Å². The SMILES string of the molecule is Cc1ccc(S(=O)(=O)N2CCN(C[C@@H](O)COc3ccc4ccccc4c3Cl)CC2)c(C)c1. The third-order valence-corrected chi connectivity index (χ3v) is 8.46. The van der Waals surface area contributed by atoms with Crippen LogP contribution in [0, 0.1) is 13.8 Å². The number of sulfonamides is 1. The van der Waals surface area contributed by atoms with Crippen LogP contribution in [0.4, 0.5) is 0 Å². The number of hydrogen-bond acceptors (Lipinski definition) is 5. The Balaban J connectivity index is 1.30. The van der Waals surface area contributed by atoms with Gasteiger partial charge in [-0.15, -0.1) is 0 Å². The van der Waals surface area contributed by atoms with Gasteiger partial charge in [0, 0.05) is 38.1 Å². The molecule has 0 radical (unpaired) electrons. The molecular formula is C25H29ClN2O4S. The first-order chi connectivity index (χ1) is 15.8. The first kappa shape index (κ1) is 24.0. The fourth-order valence-electron chi connectivity index (χ4n) is 4.24. The predicted octanol–water partition coefficient (Wildman–Crippen LogP) is 3.86. The minimum atomic E-state index is -3.53. The van der Waals surface area contributed by atoms with Gasteiger partial charge in [-0.1, -0.05) is 59.6 Å². The first-order valence-electron chi connectivity index (χ1n) is 11.0. The van der Waals surface area contributed by atoms with Gasteiger partial charge in [-0.05, 0) is 36.9 Å². The number of β-amino-alcohol motifs (C(OH)–C–C–N with tert-alkyl or cyclic N) is 1. The Kier molecular flexibility index (Phi) is 7.26. The number of hydrogen-bond donors (Lipinski definition) is 1. The molecule has 1 heterocycles. The number of aliphatic hydroxyl groups is 1. The average Bonchev–Trinajstić information content (AvgIpc) is 2.79. The zero-order valence-corrected chi connectivity index (χ0v) is 20.4. The Bertz CT molecular complexity index is 1240. The Morgan fingerprint density at radius 2 is 1.76 bits per heavy atom. The molecule has 1 N–H and O–H groups in total. The van der Waals surface area contributed by atoms with E-state index in [0.29, 0.717) is 48.4 Å². The van der Waals surface area contributed by atoms with Crippen molar-refractivity contribution in [3.8, 4) is 5.75 Å². The third kappa shape index (κ3) is 5.34. The largest absolute Gasteiger partial charge is 0.489 e. The molecule has 0 spiro atoms. The fraction of sp³-hybridized carbons (Fsp3) is 0.360. The normalized spacial score (nSPS) is 16.7. The maximum absolute atomic E-state index is 13.1. The van der Waals surface area contributed by atoms with E-state index in [4.69, 9.17) is 16.3 Å². The van der Waals surface area contributed by atoms with E-state index in [1.165, 1.54) is 4.31 Å². The summed E-state index contributed by atoms with van der Waals surface area (Å²) in [7, 11) is -3.53. The van der Waals surface area contributed by atoms with Gasteiger partial charge in [0.05, 0.1) is 9.92 Å². The maximum atomic E-state index is 13.1. The summed E-state index contributed by atoms with van der Waals surface area (Å²) >= 11 is 6.47. The molecule has 1 aliphatic heterocycles. The summed E-state index contributed by atoms with van der Waals surface area (Å²) in [5.41, 5.74) is 1.80. The number of halogens is 1. The molecule has 1 aliphatic rings. The van der Waals surface area contributed by atoms with Gasteiger partial charge in [-0.3, -0.25) is 4.90 Å². The molecule has 1 atom stereocenters. The highest BCUT2D eigenvalue weighted by Gasteiger charge is 2.30.